The fourth-order valence-electron chi connectivity index (χ4n) is 3.45. The molecule has 0 bridgehead atoms. The number of hydrogen-bond donors (Lipinski definition) is 3. The summed E-state index contributed by atoms with van der Waals surface area (Å²) in [4.78, 5) is 46.5. The van der Waals surface area contributed by atoms with Crippen molar-refractivity contribution in [3.63, 3.8) is 0 Å². The first-order valence-electron chi connectivity index (χ1n) is 9.46. The number of ether oxygens (including phenoxy) is 2. The van der Waals surface area contributed by atoms with Crippen LogP contribution >= 0.6 is 7.82 Å². The molecule has 1 aromatic heterocycles. The number of nitrogens with zero attached hydrogens (tertiary/aromatic N) is 1. The summed E-state index contributed by atoms with van der Waals surface area (Å²) in [7, 11) is -4.46. The van der Waals surface area contributed by atoms with Gasteiger partial charge in [-0.2, -0.15) is 0 Å². The second kappa shape index (κ2) is 8.37. The maximum atomic E-state index is 12.2. The number of fused-ring (bicyclic) bond motifs is 1. The molecule has 0 spiro atoms. The lowest BCUT2D eigenvalue weighted by molar-refractivity contribution is -0.147. The lowest BCUT2D eigenvalue weighted by atomic mass is 10.0. The third-order valence-corrected chi connectivity index (χ3v) is 6.11. The number of aromatic amines is 1. The van der Waals surface area contributed by atoms with Crippen LogP contribution in [0, 0.1) is 5.41 Å². The van der Waals surface area contributed by atoms with E-state index < -0.39 is 55.0 Å². The lowest BCUT2D eigenvalue weighted by Crippen LogP contribution is -2.39. The second-order valence-corrected chi connectivity index (χ2v) is 9.15. The van der Waals surface area contributed by atoms with E-state index >= 15 is 0 Å². The highest BCUT2D eigenvalue weighted by Crippen LogP contribution is 2.66. The van der Waals surface area contributed by atoms with E-state index in [4.69, 9.17) is 18.5 Å². The predicted molar refractivity (Wildman–Crippen MR) is 100 cm³/mol. The van der Waals surface area contributed by atoms with Gasteiger partial charge in [-0.15, -0.1) is 0 Å². The zero-order chi connectivity index (χ0) is 22.3. The van der Waals surface area contributed by atoms with Gasteiger partial charge in [-0.05, 0) is 20.3 Å². The van der Waals surface area contributed by atoms with Gasteiger partial charge >= 0.3 is 19.5 Å². The monoisotopic (exact) mass is 448 g/mol. The summed E-state index contributed by atoms with van der Waals surface area (Å²) < 4.78 is 33.8. The summed E-state index contributed by atoms with van der Waals surface area (Å²) >= 11 is 0. The Balaban J connectivity index is 1.52. The van der Waals surface area contributed by atoms with E-state index in [1.807, 2.05) is 0 Å². The van der Waals surface area contributed by atoms with E-state index in [1.54, 1.807) is 20.8 Å². The van der Waals surface area contributed by atoms with E-state index in [2.05, 4.69) is 4.98 Å². The molecule has 2 heterocycles. The van der Waals surface area contributed by atoms with Crippen molar-refractivity contribution in [1.29, 1.82) is 0 Å². The zero-order valence-corrected chi connectivity index (χ0v) is 17.6. The zero-order valence-electron chi connectivity index (χ0n) is 16.7. The first kappa shape index (κ1) is 22.9. The van der Waals surface area contributed by atoms with Crippen molar-refractivity contribution in [2.75, 3.05) is 6.61 Å². The number of phosphoric acid groups is 1. The van der Waals surface area contributed by atoms with Crippen LogP contribution in [-0.4, -0.2) is 56.5 Å². The molecule has 1 aromatic rings. The maximum absolute atomic E-state index is 12.2. The summed E-state index contributed by atoms with van der Waals surface area (Å²) in [6, 6.07) is 1.12. The molecule has 1 aliphatic carbocycles. The minimum Gasteiger partial charge on any atom is -0.463 e. The number of hydrogen-bond acceptors (Lipinski definition) is 9. The molecule has 2 fully saturated rings. The minimum atomic E-state index is -4.46. The van der Waals surface area contributed by atoms with Crippen LogP contribution in [0.25, 0.3) is 0 Å². The molecular formula is C17H25N2O10P. The van der Waals surface area contributed by atoms with Gasteiger partial charge in [0.1, 0.15) is 12.2 Å². The molecule has 3 N–H and O–H groups in total. The molecule has 3 rings (SSSR count). The van der Waals surface area contributed by atoms with E-state index in [0.717, 1.165) is 10.6 Å². The molecular weight excluding hydrogens is 423 g/mol. The third-order valence-electron chi connectivity index (χ3n) is 5.10. The molecule has 13 heteroatoms. The topological polar surface area (TPSA) is 166 Å². The SMILES string of the molecule is CC(C)OC(=O)CCCOP(=O)(O)OC1[C@H]2O[C@@H](n3ccc(=O)[nH]c3=O)[C@H](O)[C@@]12C. The second-order valence-electron chi connectivity index (χ2n) is 7.75. The number of nitrogens with one attached hydrogen (secondary N) is 1. The van der Waals surface area contributed by atoms with Crippen molar-refractivity contribution in [2.24, 2.45) is 5.41 Å². The highest BCUT2D eigenvalue weighted by molar-refractivity contribution is 7.47. The largest absolute Gasteiger partial charge is 0.472 e. The molecule has 1 aliphatic heterocycles. The average Bonchev–Trinajstić information content (AvgIpc) is 3.06. The highest BCUT2D eigenvalue weighted by Gasteiger charge is 2.76. The van der Waals surface area contributed by atoms with E-state index in [9.17, 15) is 28.9 Å². The van der Waals surface area contributed by atoms with Gasteiger partial charge in [0.2, 0.25) is 0 Å². The molecule has 12 nitrogen and oxygen atoms in total. The number of aliphatic hydroxyl groups excluding tert-OH is 1. The molecule has 168 valence electrons. The number of aromatic nitrogens is 2. The minimum absolute atomic E-state index is 0.0272. The standard InChI is InChI=1S/C17H25N2O10P/c1-9(2)27-11(21)5-4-8-26-30(24,25)29-14-13-17(14,3)12(22)15(28-13)19-7-6-10(20)18-16(19)23/h6-7,9,12-15,22H,4-5,8H2,1-3H3,(H,24,25)(H,18,20,23)/t12-,13+,14?,15+,17+/m0/s1. The fraction of sp³-hybridized carbons (Fsp3) is 0.706. The van der Waals surface area contributed by atoms with Crippen molar-refractivity contribution in [3.8, 4) is 0 Å². The van der Waals surface area contributed by atoms with Gasteiger partial charge in [0.05, 0.1) is 24.2 Å². The van der Waals surface area contributed by atoms with Crippen molar-refractivity contribution in [1.82, 2.24) is 9.55 Å². The number of H-pyrrole nitrogens is 1. The van der Waals surface area contributed by atoms with Gasteiger partial charge in [0, 0.05) is 18.7 Å². The van der Waals surface area contributed by atoms with Crippen molar-refractivity contribution < 1.29 is 37.9 Å². The molecule has 1 saturated carbocycles. The number of carbonyl (C=O) groups is 1. The number of rotatable bonds is 9. The third kappa shape index (κ3) is 4.58. The van der Waals surface area contributed by atoms with Crippen LogP contribution in [0.1, 0.15) is 39.8 Å². The first-order chi connectivity index (χ1) is 14.0. The van der Waals surface area contributed by atoms with Gasteiger partial charge in [-0.1, -0.05) is 6.92 Å². The van der Waals surface area contributed by atoms with E-state index in [1.165, 1.54) is 6.20 Å². The molecule has 6 atom stereocenters. The molecule has 0 aromatic carbocycles. The van der Waals surface area contributed by atoms with Crippen LogP contribution in [0.4, 0.5) is 0 Å². The smallest absolute Gasteiger partial charge is 0.463 e. The Morgan fingerprint density at radius 2 is 2.13 bits per heavy atom. The Morgan fingerprint density at radius 1 is 1.43 bits per heavy atom. The molecule has 2 aliphatic rings. The molecule has 0 amide bonds. The van der Waals surface area contributed by atoms with Gasteiger partial charge < -0.3 is 19.5 Å². The van der Waals surface area contributed by atoms with Crippen molar-refractivity contribution >= 4 is 13.8 Å². The van der Waals surface area contributed by atoms with Crippen molar-refractivity contribution in [2.45, 2.75) is 64.3 Å². The predicted octanol–water partition coefficient (Wildman–Crippen LogP) is 0.0488. The number of carbonyl (C=O) groups excluding carboxylic acids is 1. The Labute approximate surface area is 171 Å². The lowest BCUT2D eigenvalue weighted by Gasteiger charge is -2.25. The Morgan fingerprint density at radius 3 is 2.70 bits per heavy atom. The summed E-state index contributed by atoms with van der Waals surface area (Å²) in [5, 5.41) is 10.6. The Hall–Kier alpha value is -1.82. The van der Waals surface area contributed by atoms with E-state index in [0.29, 0.717) is 0 Å². The number of aliphatic hydroxyl groups is 1. The first-order valence-corrected chi connectivity index (χ1v) is 11.0. The average molecular weight is 448 g/mol. The van der Waals surface area contributed by atoms with Crippen LogP contribution in [0.5, 0.6) is 0 Å². The normalized spacial score (nSPS) is 31.9. The highest BCUT2D eigenvalue weighted by atomic mass is 31.2. The van der Waals surface area contributed by atoms with Crippen LogP contribution in [0.15, 0.2) is 21.9 Å². The van der Waals surface area contributed by atoms with Gasteiger partial charge in [-0.3, -0.25) is 28.2 Å². The summed E-state index contributed by atoms with van der Waals surface area (Å²) in [5.41, 5.74) is -2.37. The Kier molecular flexibility index (Phi) is 6.38. The van der Waals surface area contributed by atoms with Gasteiger partial charge in [0.15, 0.2) is 6.23 Å². The quantitative estimate of drug-likeness (QED) is 0.267. The van der Waals surface area contributed by atoms with Crippen LogP contribution in [-0.2, 0) is 27.9 Å². The maximum Gasteiger partial charge on any atom is 0.472 e. The molecule has 1 saturated heterocycles. The van der Waals surface area contributed by atoms with Crippen LogP contribution in [0.3, 0.4) is 0 Å². The van der Waals surface area contributed by atoms with Gasteiger partial charge in [0.25, 0.3) is 5.56 Å². The summed E-state index contributed by atoms with van der Waals surface area (Å²) in [6.07, 6.45) is -2.84. The van der Waals surface area contributed by atoms with Crippen molar-refractivity contribution in [3.05, 3.63) is 33.1 Å². The van der Waals surface area contributed by atoms with Gasteiger partial charge in [-0.25, -0.2) is 9.36 Å². The molecule has 30 heavy (non-hydrogen) atoms. The number of phosphoric ester groups is 1. The molecule has 0 radical (unpaired) electrons. The number of esters is 1. The summed E-state index contributed by atoms with van der Waals surface area (Å²) in [5.74, 6) is -0.438. The summed E-state index contributed by atoms with van der Waals surface area (Å²) in [6.45, 7) is 4.82. The van der Waals surface area contributed by atoms with Crippen LogP contribution in [0.2, 0.25) is 0 Å². The van der Waals surface area contributed by atoms with E-state index in [-0.39, 0.29) is 25.6 Å². The van der Waals surface area contributed by atoms with Crippen LogP contribution < -0.4 is 11.2 Å². The fourth-order valence-corrected chi connectivity index (χ4v) is 4.49. The Bertz CT molecular complexity index is 958. The molecule has 2 unspecified atom stereocenters.